The predicted molar refractivity (Wildman–Crippen MR) is 176 cm³/mol. The summed E-state index contributed by atoms with van der Waals surface area (Å²) in [5.41, 5.74) is 9.26. The summed E-state index contributed by atoms with van der Waals surface area (Å²) in [5, 5.41) is 5.63. The summed E-state index contributed by atoms with van der Waals surface area (Å²) in [6.45, 7) is 11.6. The molecule has 4 heterocycles. The number of imidazole rings is 1. The molecule has 6 rings (SSSR count). The Labute approximate surface area is 268 Å². The lowest BCUT2D eigenvalue weighted by molar-refractivity contribution is 0.0674. The molecule has 0 atom stereocenters. The molecule has 13 heteroatoms. The van der Waals surface area contributed by atoms with Crippen LogP contribution in [-0.4, -0.2) is 57.2 Å². The van der Waals surface area contributed by atoms with E-state index in [1.165, 1.54) is 18.5 Å². The number of fused-ring (bicyclic) bond motifs is 1. The lowest BCUT2D eigenvalue weighted by Crippen LogP contribution is -2.22. The van der Waals surface area contributed by atoms with Gasteiger partial charge in [-0.1, -0.05) is 19.6 Å². The fourth-order valence-corrected chi connectivity index (χ4v) is 6.11. The highest BCUT2D eigenvalue weighted by atomic mass is 28.3. The quantitative estimate of drug-likeness (QED) is 0.116. The molecule has 242 valence electrons. The molecule has 2 N–H and O–H groups in total. The van der Waals surface area contributed by atoms with Crippen LogP contribution in [0.4, 0.5) is 10.2 Å². The number of aromatic nitrogens is 6. The first-order chi connectivity index (χ1) is 22.1. The molecule has 11 nitrogen and oxygen atoms in total. The van der Waals surface area contributed by atoms with Gasteiger partial charge in [-0.2, -0.15) is 5.10 Å². The number of ether oxygens (including phenoxy) is 4. The van der Waals surface area contributed by atoms with Crippen molar-refractivity contribution < 1.29 is 23.3 Å². The standard InChI is InChI=1S/C33H40FN7O4Si/c1-22-38-25(18-40(22)21-43-13-14-46(2,3)4)19-44-28-15-24(34)16-29(17-28)45-27-7-5-23(6-8-27)31-30-32(35)36-20-37-33(30)41(39-31)26-9-11-42-12-10-26/h5-8,15-18,20,26H,9-14,19,21H2,1-4H3,(H2,35,36,37). The molecule has 0 amide bonds. The highest BCUT2D eigenvalue weighted by Crippen LogP contribution is 2.35. The molecule has 1 fully saturated rings. The molecule has 0 radical (unpaired) electrons. The minimum Gasteiger partial charge on any atom is -0.487 e. The van der Waals surface area contributed by atoms with E-state index < -0.39 is 13.9 Å². The number of nitrogens with zero attached hydrogens (tertiary/aromatic N) is 6. The normalized spacial score (nSPS) is 14.2. The third-order valence-electron chi connectivity index (χ3n) is 7.90. The average molecular weight is 646 g/mol. The summed E-state index contributed by atoms with van der Waals surface area (Å²) < 4.78 is 41.8. The van der Waals surface area contributed by atoms with Gasteiger partial charge in [-0.25, -0.2) is 24.0 Å². The van der Waals surface area contributed by atoms with Gasteiger partial charge in [0.05, 0.1) is 17.1 Å². The summed E-state index contributed by atoms with van der Waals surface area (Å²) in [7, 11) is -1.15. The first-order valence-corrected chi connectivity index (χ1v) is 19.2. The number of halogens is 1. The number of rotatable bonds is 12. The summed E-state index contributed by atoms with van der Waals surface area (Å²) in [5.74, 6) is 1.91. The highest BCUT2D eigenvalue weighted by Gasteiger charge is 2.24. The molecular formula is C33H40FN7O4Si. The van der Waals surface area contributed by atoms with Crippen LogP contribution in [0.2, 0.25) is 25.7 Å². The van der Waals surface area contributed by atoms with Gasteiger partial charge in [-0.3, -0.25) is 0 Å². The maximum Gasteiger partial charge on any atom is 0.164 e. The molecule has 2 aromatic carbocycles. The number of nitrogens with two attached hydrogens (primary N) is 1. The molecule has 0 saturated carbocycles. The zero-order valence-corrected chi connectivity index (χ0v) is 27.7. The van der Waals surface area contributed by atoms with Crippen molar-refractivity contribution in [3.63, 3.8) is 0 Å². The fourth-order valence-electron chi connectivity index (χ4n) is 5.35. The third-order valence-corrected chi connectivity index (χ3v) is 9.61. The van der Waals surface area contributed by atoms with Crippen molar-refractivity contribution >= 4 is 24.9 Å². The number of benzene rings is 2. The van der Waals surface area contributed by atoms with Gasteiger partial charge in [-0.05, 0) is 50.1 Å². The van der Waals surface area contributed by atoms with E-state index in [2.05, 4.69) is 34.6 Å². The zero-order chi connectivity index (χ0) is 32.3. The Balaban J connectivity index is 1.12. The van der Waals surface area contributed by atoms with Gasteiger partial charge < -0.3 is 29.2 Å². The van der Waals surface area contributed by atoms with E-state index in [4.69, 9.17) is 29.8 Å². The van der Waals surface area contributed by atoms with Crippen LogP contribution in [0, 0.1) is 12.7 Å². The van der Waals surface area contributed by atoms with Crippen molar-refractivity contribution in [3.8, 4) is 28.5 Å². The first kappa shape index (κ1) is 31.6. The van der Waals surface area contributed by atoms with E-state index in [0.717, 1.165) is 42.6 Å². The Kier molecular flexibility index (Phi) is 9.33. The van der Waals surface area contributed by atoms with E-state index in [1.807, 2.05) is 34.5 Å². The van der Waals surface area contributed by atoms with Gasteiger partial charge in [0.25, 0.3) is 0 Å². The van der Waals surface area contributed by atoms with Gasteiger partial charge in [-0.15, -0.1) is 0 Å². The van der Waals surface area contributed by atoms with Crippen molar-refractivity contribution in [2.45, 2.75) is 64.8 Å². The number of anilines is 1. The molecule has 0 aliphatic carbocycles. The lowest BCUT2D eigenvalue weighted by Gasteiger charge is -2.22. The summed E-state index contributed by atoms with van der Waals surface area (Å²) in [4.78, 5) is 13.3. The molecular weight excluding hydrogens is 605 g/mol. The molecule has 1 aliphatic heterocycles. The van der Waals surface area contributed by atoms with Crippen molar-refractivity contribution in [1.29, 1.82) is 0 Å². The zero-order valence-electron chi connectivity index (χ0n) is 26.7. The maximum absolute atomic E-state index is 14.6. The van der Waals surface area contributed by atoms with Gasteiger partial charge in [0.2, 0.25) is 0 Å². The van der Waals surface area contributed by atoms with E-state index >= 15 is 0 Å². The molecule has 0 unspecified atom stereocenters. The maximum atomic E-state index is 14.6. The molecule has 5 aromatic rings. The second-order valence-electron chi connectivity index (χ2n) is 12.7. The smallest absolute Gasteiger partial charge is 0.164 e. The SMILES string of the molecule is Cc1nc(COc2cc(F)cc(Oc3ccc(-c4nn(C5CCOCC5)c5ncnc(N)c45)cc3)c2)cn1COCC[Si](C)(C)C. The van der Waals surface area contributed by atoms with Gasteiger partial charge in [0.15, 0.2) is 5.65 Å². The van der Waals surface area contributed by atoms with Crippen LogP contribution in [-0.2, 0) is 22.8 Å². The Morgan fingerprint density at radius 1 is 1.02 bits per heavy atom. The number of hydrogen-bond donors (Lipinski definition) is 1. The third kappa shape index (κ3) is 7.54. The van der Waals surface area contributed by atoms with Crippen LogP contribution in [0.15, 0.2) is 55.0 Å². The molecule has 0 spiro atoms. The summed E-state index contributed by atoms with van der Waals surface area (Å²) >= 11 is 0. The molecule has 3 aromatic heterocycles. The van der Waals surface area contributed by atoms with Crippen molar-refractivity contribution in [2.75, 3.05) is 25.6 Å². The van der Waals surface area contributed by atoms with E-state index in [9.17, 15) is 4.39 Å². The van der Waals surface area contributed by atoms with Gasteiger partial charge in [0, 0.05) is 57.9 Å². The number of aryl methyl sites for hydroxylation is 1. The molecule has 0 bridgehead atoms. The number of nitrogen functional groups attached to an aromatic ring is 1. The Morgan fingerprint density at radius 3 is 2.54 bits per heavy atom. The van der Waals surface area contributed by atoms with Gasteiger partial charge >= 0.3 is 0 Å². The monoisotopic (exact) mass is 645 g/mol. The minimum atomic E-state index is -1.15. The molecule has 46 heavy (non-hydrogen) atoms. The van der Waals surface area contributed by atoms with Crippen LogP contribution >= 0.6 is 0 Å². The van der Waals surface area contributed by atoms with Crippen molar-refractivity contribution in [2.24, 2.45) is 0 Å². The van der Waals surface area contributed by atoms with Crippen LogP contribution in [0.1, 0.15) is 30.4 Å². The minimum absolute atomic E-state index is 0.171. The van der Waals surface area contributed by atoms with E-state index in [1.54, 1.807) is 18.2 Å². The van der Waals surface area contributed by atoms with Crippen LogP contribution in [0.5, 0.6) is 17.2 Å². The predicted octanol–water partition coefficient (Wildman–Crippen LogP) is 6.75. The largest absolute Gasteiger partial charge is 0.487 e. The highest BCUT2D eigenvalue weighted by molar-refractivity contribution is 6.76. The summed E-state index contributed by atoms with van der Waals surface area (Å²) in [6.07, 6.45) is 5.07. The van der Waals surface area contributed by atoms with Crippen LogP contribution in [0.3, 0.4) is 0 Å². The lowest BCUT2D eigenvalue weighted by atomic mass is 10.1. The van der Waals surface area contributed by atoms with Gasteiger partial charge in [0.1, 0.15) is 60.1 Å². The van der Waals surface area contributed by atoms with E-state index in [0.29, 0.717) is 59.7 Å². The van der Waals surface area contributed by atoms with Crippen molar-refractivity contribution in [1.82, 2.24) is 29.3 Å². The fraction of sp³-hybridized carbons (Fsp3) is 0.394. The Bertz CT molecular complexity index is 1800. The summed E-state index contributed by atoms with van der Waals surface area (Å²) in [6, 6.07) is 13.0. The Hall–Kier alpha value is -4.33. The van der Waals surface area contributed by atoms with Crippen molar-refractivity contribution in [3.05, 3.63) is 72.3 Å². The second kappa shape index (κ2) is 13.6. The van der Waals surface area contributed by atoms with Crippen LogP contribution in [0.25, 0.3) is 22.3 Å². The Morgan fingerprint density at radius 2 is 1.78 bits per heavy atom. The van der Waals surface area contributed by atoms with Crippen LogP contribution < -0.4 is 15.2 Å². The second-order valence-corrected chi connectivity index (χ2v) is 18.4. The molecule has 1 saturated heterocycles. The first-order valence-electron chi connectivity index (χ1n) is 15.5. The number of hydrogen-bond acceptors (Lipinski definition) is 9. The average Bonchev–Trinajstić information content (AvgIpc) is 3.59. The molecule has 1 aliphatic rings. The topological polar surface area (TPSA) is 124 Å². The van der Waals surface area contributed by atoms with E-state index in [-0.39, 0.29) is 12.6 Å².